The second-order valence-corrected chi connectivity index (χ2v) is 4.63. The number of carbonyl (C=O) groups excluding carboxylic acids is 2. The number of benzene rings is 1. The predicted octanol–water partition coefficient (Wildman–Crippen LogP) is 2.17. The van der Waals surface area contributed by atoms with E-state index in [2.05, 4.69) is 10.6 Å². The molecule has 1 aliphatic rings. The SMILES string of the molecule is CNC(=O)c1cccc(NC(=O)C2CCCC2)c1. The summed E-state index contributed by atoms with van der Waals surface area (Å²) in [6.07, 6.45) is 4.22. The minimum absolute atomic E-state index is 0.0709. The molecule has 0 atom stereocenters. The van der Waals surface area contributed by atoms with Crippen molar-refractivity contribution < 1.29 is 9.59 Å². The smallest absolute Gasteiger partial charge is 0.251 e. The molecule has 4 heteroatoms. The van der Waals surface area contributed by atoms with E-state index in [4.69, 9.17) is 0 Å². The molecule has 1 aromatic carbocycles. The van der Waals surface area contributed by atoms with Crippen LogP contribution in [0.5, 0.6) is 0 Å². The van der Waals surface area contributed by atoms with Crippen molar-refractivity contribution >= 4 is 17.5 Å². The van der Waals surface area contributed by atoms with Gasteiger partial charge in [0.2, 0.25) is 5.91 Å². The maximum Gasteiger partial charge on any atom is 0.251 e. The van der Waals surface area contributed by atoms with E-state index in [0.717, 1.165) is 25.7 Å². The molecule has 0 unspecified atom stereocenters. The summed E-state index contributed by atoms with van der Waals surface area (Å²) in [5.41, 5.74) is 1.25. The first-order valence-corrected chi connectivity index (χ1v) is 6.33. The third-order valence-corrected chi connectivity index (χ3v) is 3.35. The molecule has 18 heavy (non-hydrogen) atoms. The molecule has 2 N–H and O–H groups in total. The Morgan fingerprint density at radius 3 is 2.61 bits per heavy atom. The molecule has 1 fully saturated rings. The van der Waals surface area contributed by atoms with E-state index in [1.54, 1.807) is 31.3 Å². The average molecular weight is 246 g/mol. The van der Waals surface area contributed by atoms with E-state index in [1.165, 1.54) is 0 Å². The highest BCUT2D eigenvalue weighted by Crippen LogP contribution is 2.26. The summed E-state index contributed by atoms with van der Waals surface area (Å²) in [4.78, 5) is 23.4. The first-order valence-electron chi connectivity index (χ1n) is 6.33. The summed E-state index contributed by atoms with van der Waals surface area (Å²) in [5, 5.41) is 5.45. The molecule has 0 spiro atoms. The Morgan fingerprint density at radius 2 is 1.94 bits per heavy atom. The Morgan fingerprint density at radius 1 is 1.22 bits per heavy atom. The summed E-state index contributed by atoms with van der Waals surface area (Å²) in [6.45, 7) is 0. The van der Waals surface area contributed by atoms with Gasteiger partial charge in [-0.25, -0.2) is 0 Å². The zero-order chi connectivity index (χ0) is 13.0. The summed E-state index contributed by atoms with van der Waals surface area (Å²) in [6, 6.07) is 7.00. The van der Waals surface area contributed by atoms with E-state index in [1.807, 2.05) is 0 Å². The van der Waals surface area contributed by atoms with Crippen LogP contribution in [0.25, 0.3) is 0 Å². The first-order chi connectivity index (χ1) is 8.70. The van der Waals surface area contributed by atoms with Crippen LogP contribution >= 0.6 is 0 Å². The Hall–Kier alpha value is -1.84. The van der Waals surface area contributed by atoms with Gasteiger partial charge in [-0.15, -0.1) is 0 Å². The number of hydrogen-bond acceptors (Lipinski definition) is 2. The van der Waals surface area contributed by atoms with Gasteiger partial charge in [-0.1, -0.05) is 18.9 Å². The molecule has 96 valence electrons. The molecule has 0 saturated heterocycles. The Kier molecular flexibility index (Phi) is 3.97. The molecule has 0 heterocycles. The second kappa shape index (κ2) is 5.67. The molecule has 0 aliphatic heterocycles. The zero-order valence-corrected chi connectivity index (χ0v) is 10.5. The molecule has 0 aromatic heterocycles. The molecule has 0 radical (unpaired) electrons. The fourth-order valence-electron chi connectivity index (χ4n) is 2.31. The van der Waals surface area contributed by atoms with Gasteiger partial charge in [0.15, 0.2) is 0 Å². The lowest BCUT2D eigenvalue weighted by Crippen LogP contribution is -2.21. The van der Waals surface area contributed by atoms with Crippen LogP contribution in [0.2, 0.25) is 0 Å². The maximum atomic E-state index is 12.0. The minimum Gasteiger partial charge on any atom is -0.355 e. The van der Waals surface area contributed by atoms with Gasteiger partial charge in [0.1, 0.15) is 0 Å². The number of hydrogen-bond donors (Lipinski definition) is 2. The average Bonchev–Trinajstić information content (AvgIpc) is 2.92. The van der Waals surface area contributed by atoms with Crippen LogP contribution < -0.4 is 10.6 Å². The molecule has 1 saturated carbocycles. The molecule has 1 aromatic rings. The molecular weight excluding hydrogens is 228 g/mol. The third kappa shape index (κ3) is 2.88. The van der Waals surface area contributed by atoms with Crippen molar-refractivity contribution in [3.05, 3.63) is 29.8 Å². The summed E-state index contributed by atoms with van der Waals surface area (Å²) in [7, 11) is 1.59. The standard InChI is InChI=1S/C14H18N2O2/c1-15-13(17)11-7-4-8-12(9-11)16-14(18)10-5-2-3-6-10/h4,7-10H,2-3,5-6H2,1H3,(H,15,17)(H,16,18). The highest BCUT2D eigenvalue weighted by molar-refractivity contribution is 5.97. The van der Waals surface area contributed by atoms with Crippen LogP contribution in [0.1, 0.15) is 36.0 Å². The van der Waals surface area contributed by atoms with Crippen LogP contribution in [0.15, 0.2) is 24.3 Å². The summed E-state index contributed by atoms with van der Waals surface area (Å²) in [5.74, 6) is 0.0576. The predicted molar refractivity (Wildman–Crippen MR) is 70.4 cm³/mol. The normalized spacial score (nSPS) is 15.4. The summed E-state index contributed by atoms with van der Waals surface area (Å²) < 4.78 is 0. The fraction of sp³-hybridized carbons (Fsp3) is 0.429. The highest BCUT2D eigenvalue weighted by atomic mass is 16.2. The van der Waals surface area contributed by atoms with Crippen LogP contribution in [0.4, 0.5) is 5.69 Å². The Balaban J connectivity index is 2.04. The van der Waals surface area contributed by atoms with Crippen LogP contribution in [-0.2, 0) is 4.79 Å². The lowest BCUT2D eigenvalue weighted by atomic mass is 10.1. The zero-order valence-electron chi connectivity index (χ0n) is 10.5. The molecule has 2 rings (SSSR count). The summed E-state index contributed by atoms with van der Waals surface area (Å²) >= 11 is 0. The molecular formula is C14H18N2O2. The van der Waals surface area contributed by atoms with Gasteiger partial charge in [0.25, 0.3) is 5.91 Å². The van der Waals surface area contributed by atoms with E-state index >= 15 is 0 Å². The molecule has 2 amide bonds. The van der Waals surface area contributed by atoms with Crippen molar-refractivity contribution in [2.45, 2.75) is 25.7 Å². The van der Waals surface area contributed by atoms with Gasteiger partial charge in [-0.05, 0) is 31.0 Å². The van der Waals surface area contributed by atoms with Gasteiger partial charge in [-0.3, -0.25) is 9.59 Å². The molecule has 0 bridgehead atoms. The van der Waals surface area contributed by atoms with Crippen molar-refractivity contribution in [2.75, 3.05) is 12.4 Å². The van der Waals surface area contributed by atoms with E-state index < -0.39 is 0 Å². The van der Waals surface area contributed by atoms with Gasteiger partial charge >= 0.3 is 0 Å². The monoisotopic (exact) mass is 246 g/mol. The van der Waals surface area contributed by atoms with Gasteiger partial charge in [-0.2, -0.15) is 0 Å². The number of amides is 2. The van der Waals surface area contributed by atoms with Gasteiger partial charge in [0.05, 0.1) is 0 Å². The van der Waals surface area contributed by atoms with Gasteiger partial charge < -0.3 is 10.6 Å². The van der Waals surface area contributed by atoms with Crippen molar-refractivity contribution in [1.29, 1.82) is 0 Å². The number of carbonyl (C=O) groups is 2. The van der Waals surface area contributed by atoms with E-state index in [9.17, 15) is 9.59 Å². The maximum absolute atomic E-state index is 12.0. The fourth-order valence-corrected chi connectivity index (χ4v) is 2.31. The van der Waals surface area contributed by atoms with Crippen LogP contribution in [0.3, 0.4) is 0 Å². The number of anilines is 1. The number of rotatable bonds is 3. The quantitative estimate of drug-likeness (QED) is 0.858. The van der Waals surface area contributed by atoms with Crippen molar-refractivity contribution in [3.8, 4) is 0 Å². The number of nitrogens with one attached hydrogen (secondary N) is 2. The Labute approximate surface area is 107 Å². The first kappa shape index (κ1) is 12.6. The third-order valence-electron chi connectivity index (χ3n) is 3.35. The van der Waals surface area contributed by atoms with Crippen LogP contribution in [-0.4, -0.2) is 18.9 Å². The van der Waals surface area contributed by atoms with Crippen molar-refractivity contribution in [1.82, 2.24) is 5.32 Å². The largest absolute Gasteiger partial charge is 0.355 e. The molecule has 4 nitrogen and oxygen atoms in total. The molecule has 1 aliphatic carbocycles. The van der Waals surface area contributed by atoms with E-state index in [-0.39, 0.29) is 17.7 Å². The highest BCUT2D eigenvalue weighted by Gasteiger charge is 2.22. The van der Waals surface area contributed by atoms with Crippen molar-refractivity contribution in [2.24, 2.45) is 5.92 Å². The van der Waals surface area contributed by atoms with E-state index in [0.29, 0.717) is 11.3 Å². The van der Waals surface area contributed by atoms with Crippen LogP contribution in [0, 0.1) is 5.92 Å². The lowest BCUT2D eigenvalue weighted by molar-refractivity contribution is -0.119. The van der Waals surface area contributed by atoms with Gasteiger partial charge in [0, 0.05) is 24.2 Å². The minimum atomic E-state index is -0.146. The second-order valence-electron chi connectivity index (χ2n) is 4.63. The lowest BCUT2D eigenvalue weighted by Gasteiger charge is -2.11. The van der Waals surface area contributed by atoms with Crippen molar-refractivity contribution in [3.63, 3.8) is 0 Å². The Bertz CT molecular complexity index is 451. The topological polar surface area (TPSA) is 58.2 Å².